The van der Waals surface area contributed by atoms with Gasteiger partial charge in [0.1, 0.15) is 6.17 Å². The summed E-state index contributed by atoms with van der Waals surface area (Å²) in [5.41, 5.74) is -1.16. The van der Waals surface area contributed by atoms with E-state index in [4.69, 9.17) is 18.6 Å². The van der Waals surface area contributed by atoms with Crippen molar-refractivity contribution in [2.24, 2.45) is 5.92 Å². The molecule has 1 heterocycles. The number of fused-ring (bicyclic) bond motifs is 2. The van der Waals surface area contributed by atoms with Crippen molar-refractivity contribution < 1.29 is 23.0 Å². The van der Waals surface area contributed by atoms with E-state index in [1.807, 2.05) is 36.4 Å². The number of hydrogen-bond donors (Lipinski definition) is 0. The van der Waals surface area contributed by atoms with E-state index >= 15 is 4.39 Å². The van der Waals surface area contributed by atoms with Gasteiger partial charge in [-0.25, -0.2) is 4.39 Å². The summed E-state index contributed by atoms with van der Waals surface area (Å²) >= 11 is 0. The Balaban J connectivity index is 1.79. The van der Waals surface area contributed by atoms with E-state index in [2.05, 4.69) is 45.0 Å². The lowest BCUT2D eigenvalue weighted by atomic mass is 9.99. The van der Waals surface area contributed by atoms with Gasteiger partial charge in [0.2, 0.25) is 0 Å². The predicted octanol–water partition coefficient (Wildman–Crippen LogP) is 3.68. The third kappa shape index (κ3) is 3.49. The zero-order valence-electron chi connectivity index (χ0n) is 19.0. The Bertz CT molecular complexity index is 833. The lowest BCUT2D eigenvalue weighted by Crippen LogP contribution is -2.68. The number of hydrogen-bond acceptors (Lipinski definition) is 4. The van der Waals surface area contributed by atoms with E-state index in [9.17, 15) is 0 Å². The largest absolute Gasteiger partial charge is 0.404 e. The second kappa shape index (κ2) is 8.41. The van der Waals surface area contributed by atoms with Crippen LogP contribution in [0.4, 0.5) is 4.39 Å². The van der Waals surface area contributed by atoms with Crippen LogP contribution in [0.15, 0.2) is 60.7 Å². The van der Waals surface area contributed by atoms with Crippen LogP contribution >= 0.6 is 0 Å². The Morgan fingerprint density at radius 1 is 0.968 bits per heavy atom. The maximum Gasteiger partial charge on any atom is 0.261 e. The summed E-state index contributed by atoms with van der Waals surface area (Å²) < 4.78 is 39.8. The minimum atomic E-state index is -2.81. The van der Waals surface area contributed by atoms with E-state index in [0.29, 0.717) is 6.42 Å². The molecular formula is C25H33FO4Si. The van der Waals surface area contributed by atoms with Gasteiger partial charge in [0.05, 0.1) is 12.7 Å². The fourth-order valence-electron chi connectivity index (χ4n) is 5.59. The molecule has 2 unspecified atom stereocenters. The second-order valence-corrected chi connectivity index (χ2v) is 14.0. The quantitative estimate of drug-likeness (QED) is 0.611. The van der Waals surface area contributed by atoms with E-state index in [1.165, 1.54) is 0 Å². The Labute approximate surface area is 185 Å². The highest BCUT2D eigenvalue weighted by Crippen LogP contribution is 2.52. The minimum Gasteiger partial charge on any atom is -0.404 e. The maximum absolute atomic E-state index is 15.4. The second-order valence-electron chi connectivity index (χ2n) is 9.65. The molecule has 1 aliphatic carbocycles. The van der Waals surface area contributed by atoms with Crippen LogP contribution in [0.3, 0.4) is 0 Å². The first-order valence-corrected chi connectivity index (χ1v) is 12.8. The van der Waals surface area contributed by atoms with E-state index < -0.39 is 32.5 Å². The molecule has 1 saturated carbocycles. The zero-order valence-corrected chi connectivity index (χ0v) is 20.0. The van der Waals surface area contributed by atoms with Gasteiger partial charge in [0.25, 0.3) is 8.32 Å². The highest BCUT2D eigenvalue weighted by molar-refractivity contribution is 6.99. The van der Waals surface area contributed by atoms with Gasteiger partial charge in [-0.3, -0.25) is 0 Å². The molecule has 6 heteroatoms. The molecule has 0 aromatic heterocycles. The van der Waals surface area contributed by atoms with Crippen molar-refractivity contribution >= 4 is 18.7 Å². The number of ether oxygens (including phenoxy) is 3. The molecule has 1 saturated heterocycles. The monoisotopic (exact) mass is 444 g/mol. The van der Waals surface area contributed by atoms with Crippen LogP contribution in [0, 0.1) is 5.92 Å². The summed E-state index contributed by atoms with van der Waals surface area (Å²) in [4.78, 5) is 0. The van der Waals surface area contributed by atoms with Crippen molar-refractivity contribution in [2.75, 3.05) is 20.8 Å². The molecule has 0 amide bonds. The normalized spacial score (nSPS) is 30.6. The van der Waals surface area contributed by atoms with Crippen LogP contribution in [0.25, 0.3) is 0 Å². The predicted molar refractivity (Wildman–Crippen MR) is 122 cm³/mol. The van der Waals surface area contributed by atoms with Crippen LogP contribution in [0.5, 0.6) is 0 Å². The van der Waals surface area contributed by atoms with E-state index in [1.54, 1.807) is 14.2 Å². The summed E-state index contributed by atoms with van der Waals surface area (Å²) in [5.74, 6) is -0.132. The van der Waals surface area contributed by atoms with Gasteiger partial charge >= 0.3 is 0 Å². The number of benzene rings is 2. The minimum absolute atomic E-state index is 0.121. The molecule has 2 aliphatic rings. The summed E-state index contributed by atoms with van der Waals surface area (Å²) in [7, 11) is 0.410. The fraction of sp³-hybridized carbons (Fsp3) is 0.520. The van der Waals surface area contributed by atoms with Crippen molar-refractivity contribution in [1.29, 1.82) is 0 Å². The summed E-state index contributed by atoms with van der Waals surface area (Å²) in [5, 5.41) is 2.12. The van der Waals surface area contributed by atoms with Crippen molar-refractivity contribution in [3.63, 3.8) is 0 Å². The first-order chi connectivity index (χ1) is 14.8. The molecule has 0 N–H and O–H groups in total. The average molecular weight is 445 g/mol. The van der Waals surface area contributed by atoms with Crippen LogP contribution in [-0.4, -0.2) is 53.3 Å². The molecule has 4 rings (SSSR count). The smallest absolute Gasteiger partial charge is 0.261 e. The summed E-state index contributed by atoms with van der Waals surface area (Å²) in [6.45, 7) is 6.75. The van der Waals surface area contributed by atoms with Gasteiger partial charge in [-0.2, -0.15) is 0 Å². The lowest BCUT2D eigenvalue weighted by Gasteiger charge is -2.45. The highest BCUT2D eigenvalue weighted by Gasteiger charge is 2.68. The Kier molecular flexibility index (Phi) is 6.13. The zero-order chi connectivity index (χ0) is 22.3. The maximum atomic E-state index is 15.4. The van der Waals surface area contributed by atoms with Gasteiger partial charge in [0.15, 0.2) is 11.9 Å². The number of halogens is 1. The standard InChI is InChI=1S/C25H33FO4Si/c1-24(2,3)31(18-12-8-6-9-13-18,19-14-10-7-11-15-19)29-17-25-21(26)16-20(22(25)27-4)23(28-5)30-25/h6-15,20-23H,16-17H2,1-5H3/t20-,21?,22+,23?,25+/m1/s1. The molecule has 5 atom stereocenters. The Hall–Kier alpha value is -1.57. The molecule has 0 spiro atoms. The molecule has 0 radical (unpaired) electrons. The van der Waals surface area contributed by atoms with Gasteiger partial charge in [0, 0.05) is 20.1 Å². The summed E-state index contributed by atoms with van der Waals surface area (Å²) in [6.07, 6.45) is -1.67. The molecule has 1 aliphatic heterocycles. The topological polar surface area (TPSA) is 36.9 Å². The first kappa shape index (κ1) is 22.6. The molecule has 31 heavy (non-hydrogen) atoms. The first-order valence-electron chi connectivity index (χ1n) is 10.9. The fourth-order valence-corrected chi connectivity index (χ4v) is 10.2. The molecule has 2 aromatic rings. The molecule has 2 bridgehead atoms. The highest BCUT2D eigenvalue weighted by atomic mass is 28.4. The Morgan fingerprint density at radius 2 is 1.52 bits per heavy atom. The van der Waals surface area contributed by atoms with Crippen molar-refractivity contribution in [3.05, 3.63) is 60.7 Å². The van der Waals surface area contributed by atoms with Crippen molar-refractivity contribution in [3.8, 4) is 0 Å². The molecule has 168 valence electrons. The van der Waals surface area contributed by atoms with Gasteiger partial charge in [-0.1, -0.05) is 81.4 Å². The molecule has 2 aromatic carbocycles. The molecular weight excluding hydrogens is 411 g/mol. The third-order valence-corrected chi connectivity index (χ3v) is 12.0. The van der Waals surface area contributed by atoms with Crippen LogP contribution < -0.4 is 10.4 Å². The third-order valence-electron chi connectivity index (χ3n) is 6.98. The Morgan fingerprint density at radius 3 is 1.97 bits per heavy atom. The van der Waals surface area contributed by atoms with Gasteiger partial charge < -0.3 is 18.6 Å². The number of rotatable bonds is 7. The summed E-state index contributed by atoms with van der Waals surface area (Å²) in [6, 6.07) is 20.7. The van der Waals surface area contributed by atoms with Gasteiger partial charge in [-0.15, -0.1) is 0 Å². The number of methoxy groups -OCH3 is 2. The van der Waals surface area contributed by atoms with Gasteiger partial charge in [-0.05, 0) is 21.8 Å². The van der Waals surface area contributed by atoms with E-state index in [-0.39, 0.29) is 17.6 Å². The SMILES string of the molecule is COC1O[C@@]2(CO[Si](c3ccccc3)(c3ccccc3)C(C)(C)C)C(F)C[C@@H]1[C@@H]2OC. The molecule has 4 nitrogen and oxygen atoms in total. The van der Waals surface area contributed by atoms with Crippen molar-refractivity contribution in [2.45, 2.75) is 56.4 Å². The molecule has 2 fully saturated rings. The lowest BCUT2D eigenvalue weighted by molar-refractivity contribution is -0.222. The van der Waals surface area contributed by atoms with Crippen molar-refractivity contribution in [1.82, 2.24) is 0 Å². The number of alkyl halides is 1. The average Bonchev–Trinajstić information content (AvgIpc) is 3.22. The van der Waals surface area contributed by atoms with E-state index in [0.717, 1.165) is 10.4 Å². The van der Waals surface area contributed by atoms with Crippen LogP contribution in [0.1, 0.15) is 27.2 Å². The van der Waals surface area contributed by atoms with Crippen LogP contribution in [0.2, 0.25) is 5.04 Å². The van der Waals surface area contributed by atoms with Crippen LogP contribution in [-0.2, 0) is 18.6 Å².